The zero-order valence-corrected chi connectivity index (χ0v) is 15.0. The van der Waals surface area contributed by atoms with Crippen molar-refractivity contribution in [1.82, 2.24) is 9.55 Å². The van der Waals surface area contributed by atoms with Gasteiger partial charge in [-0.3, -0.25) is 9.36 Å². The van der Waals surface area contributed by atoms with Crippen molar-refractivity contribution in [3.8, 4) is 0 Å². The SMILES string of the molecule is CC(O)c1cc(Br)cc2c(=O)n(C)c(N3CCC(F)(F)CC3)nc12. The number of benzene rings is 1. The summed E-state index contributed by atoms with van der Waals surface area (Å²) in [7, 11) is 1.58. The van der Waals surface area contributed by atoms with Gasteiger partial charge in [0.25, 0.3) is 11.5 Å². The molecule has 0 saturated carbocycles. The lowest BCUT2D eigenvalue weighted by Crippen LogP contribution is -2.42. The zero-order valence-electron chi connectivity index (χ0n) is 13.4. The van der Waals surface area contributed by atoms with E-state index in [2.05, 4.69) is 20.9 Å². The number of fused-ring (bicyclic) bond motifs is 1. The smallest absolute Gasteiger partial charge is 0.262 e. The predicted molar refractivity (Wildman–Crippen MR) is 91.7 cm³/mol. The van der Waals surface area contributed by atoms with Gasteiger partial charge in [0.1, 0.15) is 0 Å². The second kappa shape index (κ2) is 6.07. The number of aliphatic hydroxyl groups is 1. The number of aliphatic hydroxyl groups excluding tert-OH is 1. The Morgan fingerprint density at radius 2 is 1.96 bits per heavy atom. The largest absolute Gasteiger partial charge is 0.389 e. The summed E-state index contributed by atoms with van der Waals surface area (Å²) in [6.45, 7) is 1.88. The van der Waals surface area contributed by atoms with Crippen molar-refractivity contribution in [2.45, 2.75) is 31.8 Å². The number of rotatable bonds is 2. The van der Waals surface area contributed by atoms with Gasteiger partial charge in [0.15, 0.2) is 0 Å². The van der Waals surface area contributed by atoms with E-state index in [0.717, 1.165) is 0 Å². The Kier molecular flexibility index (Phi) is 4.37. The van der Waals surface area contributed by atoms with Gasteiger partial charge in [-0.2, -0.15) is 0 Å². The highest BCUT2D eigenvalue weighted by Crippen LogP contribution is 2.31. The third kappa shape index (κ3) is 3.04. The van der Waals surface area contributed by atoms with Crippen LogP contribution in [0.15, 0.2) is 21.4 Å². The lowest BCUT2D eigenvalue weighted by molar-refractivity contribution is -0.0223. The number of alkyl halides is 2. The monoisotopic (exact) mass is 401 g/mol. The van der Waals surface area contributed by atoms with Crippen LogP contribution in [0.3, 0.4) is 0 Å². The molecule has 1 N–H and O–H groups in total. The van der Waals surface area contributed by atoms with Crippen LogP contribution < -0.4 is 10.5 Å². The number of hydrogen-bond donors (Lipinski definition) is 1. The molecular formula is C16H18BrF2N3O2. The molecule has 1 aliphatic rings. The highest BCUT2D eigenvalue weighted by Gasteiger charge is 2.35. The molecule has 5 nitrogen and oxygen atoms in total. The number of piperidine rings is 1. The molecule has 0 bridgehead atoms. The zero-order chi connectivity index (χ0) is 17.6. The summed E-state index contributed by atoms with van der Waals surface area (Å²) in [6, 6.07) is 3.37. The molecule has 1 aromatic carbocycles. The molecule has 24 heavy (non-hydrogen) atoms. The van der Waals surface area contributed by atoms with Crippen LogP contribution in [-0.2, 0) is 7.05 Å². The first kappa shape index (κ1) is 17.3. The maximum absolute atomic E-state index is 13.4. The molecule has 0 radical (unpaired) electrons. The van der Waals surface area contributed by atoms with Crippen molar-refractivity contribution in [3.05, 3.63) is 32.5 Å². The Bertz CT molecular complexity index is 841. The van der Waals surface area contributed by atoms with Crippen molar-refractivity contribution in [2.24, 2.45) is 7.05 Å². The van der Waals surface area contributed by atoms with Gasteiger partial charge < -0.3 is 10.0 Å². The normalized spacial score (nSPS) is 18.8. The number of anilines is 1. The van der Waals surface area contributed by atoms with E-state index in [9.17, 15) is 18.7 Å². The Labute approximate surface area is 146 Å². The van der Waals surface area contributed by atoms with Gasteiger partial charge in [-0.1, -0.05) is 15.9 Å². The molecule has 0 spiro atoms. The second-order valence-electron chi connectivity index (χ2n) is 6.19. The fourth-order valence-electron chi connectivity index (χ4n) is 2.99. The van der Waals surface area contributed by atoms with Gasteiger partial charge in [0.05, 0.1) is 17.0 Å². The molecule has 2 heterocycles. The molecule has 2 aromatic rings. The highest BCUT2D eigenvalue weighted by atomic mass is 79.9. The molecule has 1 aliphatic heterocycles. The van der Waals surface area contributed by atoms with Crippen molar-refractivity contribution < 1.29 is 13.9 Å². The molecule has 0 amide bonds. The van der Waals surface area contributed by atoms with E-state index in [4.69, 9.17) is 0 Å². The summed E-state index contributed by atoms with van der Waals surface area (Å²) in [4.78, 5) is 18.9. The summed E-state index contributed by atoms with van der Waals surface area (Å²) < 4.78 is 28.8. The van der Waals surface area contributed by atoms with Crippen LogP contribution in [0.25, 0.3) is 10.9 Å². The van der Waals surface area contributed by atoms with Gasteiger partial charge in [0.2, 0.25) is 5.95 Å². The Morgan fingerprint density at radius 3 is 2.54 bits per heavy atom. The van der Waals surface area contributed by atoms with E-state index in [0.29, 0.717) is 26.9 Å². The Hall–Kier alpha value is -1.54. The van der Waals surface area contributed by atoms with E-state index >= 15 is 0 Å². The van der Waals surface area contributed by atoms with E-state index < -0.39 is 12.0 Å². The lowest BCUT2D eigenvalue weighted by atomic mass is 10.1. The van der Waals surface area contributed by atoms with Crippen LogP contribution in [0.1, 0.15) is 31.4 Å². The molecule has 3 rings (SSSR count). The average Bonchev–Trinajstić information content (AvgIpc) is 2.51. The summed E-state index contributed by atoms with van der Waals surface area (Å²) in [6.07, 6.45) is -1.32. The van der Waals surface area contributed by atoms with E-state index in [1.54, 1.807) is 31.0 Å². The molecular weight excluding hydrogens is 384 g/mol. The minimum absolute atomic E-state index is 0.138. The predicted octanol–water partition coefficient (Wildman–Crippen LogP) is 2.98. The van der Waals surface area contributed by atoms with Crippen molar-refractivity contribution in [2.75, 3.05) is 18.0 Å². The third-order valence-corrected chi connectivity index (χ3v) is 4.84. The van der Waals surface area contributed by atoms with E-state index in [1.807, 2.05) is 0 Å². The minimum Gasteiger partial charge on any atom is -0.389 e. The fraction of sp³-hybridized carbons (Fsp3) is 0.500. The molecule has 1 saturated heterocycles. The molecule has 8 heteroatoms. The number of hydrogen-bond acceptors (Lipinski definition) is 4. The van der Waals surface area contributed by atoms with E-state index in [-0.39, 0.29) is 31.5 Å². The molecule has 1 unspecified atom stereocenters. The minimum atomic E-state index is -2.66. The van der Waals surface area contributed by atoms with Crippen LogP contribution >= 0.6 is 15.9 Å². The van der Waals surface area contributed by atoms with Gasteiger partial charge >= 0.3 is 0 Å². The molecule has 1 aromatic heterocycles. The van der Waals surface area contributed by atoms with Crippen LogP contribution in [0.4, 0.5) is 14.7 Å². The summed E-state index contributed by atoms with van der Waals surface area (Å²) in [5, 5.41) is 10.4. The van der Waals surface area contributed by atoms with Crippen LogP contribution in [0.5, 0.6) is 0 Å². The maximum Gasteiger partial charge on any atom is 0.262 e. The van der Waals surface area contributed by atoms with Crippen molar-refractivity contribution in [1.29, 1.82) is 0 Å². The van der Waals surface area contributed by atoms with Crippen LogP contribution in [0, 0.1) is 0 Å². The average molecular weight is 402 g/mol. The molecule has 1 atom stereocenters. The van der Waals surface area contributed by atoms with Gasteiger partial charge in [-0.25, -0.2) is 13.8 Å². The van der Waals surface area contributed by atoms with Crippen LogP contribution in [-0.4, -0.2) is 33.7 Å². The first-order valence-electron chi connectivity index (χ1n) is 7.70. The Morgan fingerprint density at radius 1 is 1.33 bits per heavy atom. The number of halogens is 3. The van der Waals surface area contributed by atoms with Gasteiger partial charge in [-0.15, -0.1) is 0 Å². The number of aromatic nitrogens is 2. The van der Waals surface area contributed by atoms with Gasteiger partial charge in [0, 0.05) is 43.0 Å². The summed E-state index contributed by atoms with van der Waals surface area (Å²) in [5.74, 6) is -2.31. The highest BCUT2D eigenvalue weighted by molar-refractivity contribution is 9.10. The fourth-order valence-corrected chi connectivity index (χ4v) is 3.47. The molecule has 0 aliphatic carbocycles. The van der Waals surface area contributed by atoms with Crippen molar-refractivity contribution in [3.63, 3.8) is 0 Å². The third-order valence-electron chi connectivity index (χ3n) is 4.38. The summed E-state index contributed by atoms with van der Waals surface area (Å²) in [5.41, 5.74) is 0.667. The quantitative estimate of drug-likeness (QED) is 0.840. The number of nitrogens with zero attached hydrogens (tertiary/aromatic N) is 3. The van der Waals surface area contributed by atoms with Crippen molar-refractivity contribution >= 4 is 32.8 Å². The van der Waals surface area contributed by atoms with Gasteiger partial charge in [-0.05, 0) is 19.1 Å². The molecule has 130 valence electrons. The topological polar surface area (TPSA) is 58.4 Å². The van der Waals surface area contributed by atoms with E-state index in [1.165, 1.54) is 4.57 Å². The lowest BCUT2D eigenvalue weighted by Gasteiger charge is -2.33. The van der Waals surface area contributed by atoms with Crippen LogP contribution in [0.2, 0.25) is 0 Å². The first-order chi connectivity index (χ1) is 11.2. The first-order valence-corrected chi connectivity index (χ1v) is 8.50. The standard InChI is InChI=1S/C16H18BrF2N3O2/c1-9(23)11-7-10(17)8-12-13(11)20-15(21(2)14(12)24)22-5-3-16(18,19)4-6-22/h7-9,23H,3-6H2,1-2H3. The maximum atomic E-state index is 13.4. The Balaban J connectivity index is 2.17. The summed E-state index contributed by atoms with van der Waals surface area (Å²) >= 11 is 3.34. The molecule has 1 fully saturated rings. The second-order valence-corrected chi connectivity index (χ2v) is 7.10.